The van der Waals surface area contributed by atoms with Crippen molar-refractivity contribution in [2.75, 3.05) is 33.8 Å². The number of hydrogen-bond acceptors (Lipinski definition) is 4. The van der Waals surface area contributed by atoms with Crippen molar-refractivity contribution in [3.8, 4) is 11.5 Å². The molecule has 4 heteroatoms. The average Bonchev–Trinajstić information content (AvgIpc) is 2.85. The summed E-state index contributed by atoms with van der Waals surface area (Å²) in [4.78, 5) is 2.29. The van der Waals surface area contributed by atoms with Crippen molar-refractivity contribution in [1.82, 2.24) is 4.90 Å². The Balaban J connectivity index is 2.09. The maximum absolute atomic E-state index is 6.07. The van der Waals surface area contributed by atoms with E-state index in [-0.39, 0.29) is 6.10 Å². The minimum Gasteiger partial charge on any atom is -0.493 e. The van der Waals surface area contributed by atoms with E-state index in [2.05, 4.69) is 31.0 Å². The van der Waals surface area contributed by atoms with Crippen LogP contribution in [0.25, 0.3) is 0 Å². The van der Waals surface area contributed by atoms with E-state index in [4.69, 9.17) is 15.2 Å². The number of rotatable bonds is 6. The first kappa shape index (κ1) is 15.1. The number of likely N-dealkylation sites (tertiary alicyclic amines) is 1. The van der Waals surface area contributed by atoms with E-state index in [0.29, 0.717) is 12.5 Å². The SMILES string of the molecule is COc1cc(C(C)CCN)ccc1OC1CCN(C)C1. The molecule has 1 saturated heterocycles. The molecule has 0 radical (unpaired) electrons. The molecule has 1 fully saturated rings. The van der Waals surface area contributed by atoms with Crippen molar-refractivity contribution >= 4 is 0 Å². The second-order valence-electron chi connectivity index (χ2n) is 5.68. The molecule has 0 aliphatic carbocycles. The first-order chi connectivity index (χ1) is 9.63. The maximum atomic E-state index is 6.07. The van der Waals surface area contributed by atoms with Gasteiger partial charge in [0, 0.05) is 13.1 Å². The molecule has 112 valence electrons. The van der Waals surface area contributed by atoms with Crippen LogP contribution in [0.15, 0.2) is 18.2 Å². The Kier molecular flexibility index (Phi) is 5.26. The predicted octanol–water partition coefficient (Wildman–Crippen LogP) is 2.23. The predicted molar refractivity (Wildman–Crippen MR) is 81.6 cm³/mol. The Morgan fingerprint density at radius 1 is 1.40 bits per heavy atom. The second-order valence-corrected chi connectivity index (χ2v) is 5.68. The maximum Gasteiger partial charge on any atom is 0.161 e. The van der Waals surface area contributed by atoms with Gasteiger partial charge in [-0.15, -0.1) is 0 Å². The number of methoxy groups -OCH3 is 1. The fourth-order valence-corrected chi connectivity index (χ4v) is 2.68. The van der Waals surface area contributed by atoms with Gasteiger partial charge in [-0.2, -0.15) is 0 Å². The molecular weight excluding hydrogens is 252 g/mol. The normalized spacial score (nSPS) is 20.9. The summed E-state index contributed by atoms with van der Waals surface area (Å²) < 4.78 is 11.6. The highest BCUT2D eigenvalue weighted by atomic mass is 16.5. The molecule has 1 aromatic rings. The van der Waals surface area contributed by atoms with Crippen molar-refractivity contribution in [2.24, 2.45) is 5.73 Å². The molecule has 0 spiro atoms. The quantitative estimate of drug-likeness (QED) is 0.867. The van der Waals surface area contributed by atoms with Crippen LogP contribution in [0, 0.1) is 0 Å². The summed E-state index contributed by atoms with van der Waals surface area (Å²) in [6.07, 6.45) is 2.32. The lowest BCUT2D eigenvalue weighted by molar-refractivity contribution is 0.199. The van der Waals surface area contributed by atoms with Crippen LogP contribution in [0.3, 0.4) is 0 Å². The lowest BCUT2D eigenvalue weighted by Gasteiger charge is -2.18. The van der Waals surface area contributed by atoms with Crippen LogP contribution in [0.2, 0.25) is 0 Å². The van der Waals surface area contributed by atoms with Crippen molar-refractivity contribution in [3.63, 3.8) is 0 Å². The van der Waals surface area contributed by atoms with E-state index < -0.39 is 0 Å². The zero-order valence-corrected chi connectivity index (χ0v) is 12.8. The minimum absolute atomic E-state index is 0.265. The van der Waals surface area contributed by atoms with Crippen molar-refractivity contribution in [3.05, 3.63) is 23.8 Å². The Labute approximate surface area is 121 Å². The third kappa shape index (κ3) is 3.64. The zero-order valence-electron chi connectivity index (χ0n) is 12.8. The molecule has 1 aliphatic heterocycles. The summed E-state index contributed by atoms with van der Waals surface area (Å²) in [6.45, 7) is 4.97. The van der Waals surface area contributed by atoms with Gasteiger partial charge in [-0.3, -0.25) is 0 Å². The van der Waals surface area contributed by atoms with Gasteiger partial charge in [0.1, 0.15) is 6.10 Å². The average molecular weight is 278 g/mol. The minimum atomic E-state index is 0.265. The molecule has 2 atom stereocenters. The summed E-state index contributed by atoms with van der Waals surface area (Å²) in [5.41, 5.74) is 6.88. The highest BCUT2D eigenvalue weighted by Gasteiger charge is 2.22. The molecule has 0 amide bonds. The molecule has 0 aromatic heterocycles. The fourth-order valence-electron chi connectivity index (χ4n) is 2.68. The highest BCUT2D eigenvalue weighted by Crippen LogP contribution is 2.33. The Morgan fingerprint density at radius 3 is 2.80 bits per heavy atom. The number of ether oxygens (including phenoxy) is 2. The molecule has 1 aromatic carbocycles. The van der Waals surface area contributed by atoms with Crippen molar-refractivity contribution < 1.29 is 9.47 Å². The third-order valence-electron chi connectivity index (χ3n) is 4.00. The lowest BCUT2D eigenvalue weighted by atomic mass is 9.97. The lowest BCUT2D eigenvalue weighted by Crippen LogP contribution is -2.21. The second kappa shape index (κ2) is 6.95. The molecule has 2 unspecified atom stereocenters. The van der Waals surface area contributed by atoms with Crippen LogP contribution in [0.4, 0.5) is 0 Å². The largest absolute Gasteiger partial charge is 0.493 e. The molecule has 20 heavy (non-hydrogen) atoms. The molecular formula is C16H26N2O2. The third-order valence-corrected chi connectivity index (χ3v) is 4.00. The smallest absolute Gasteiger partial charge is 0.161 e. The molecule has 1 heterocycles. The van der Waals surface area contributed by atoms with Crippen LogP contribution in [-0.2, 0) is 0 Å². The fraction of sp³-hybridized carbons (Fsp3) is 0.625. The Hall–Kier alpha value is -1.26. The summed E-state index contributed by atoms with van der Waals surface area (Å²) in [7, 11) is 3.82. The molecule has 4 nitrogen and oxygen atoms in total. The van der Waals surface area contributed by atoms with E-state index in [1.165, 1.54) is 5.56 Å². The number of hydrogen-bond donors (Lipinski definition) is 1. The van der Waals surface area contributed by atoms with Crippen LogP contribution in [0.5, 0.6) is 11.5 Å². The molecule has 0 saturated carbocycles. The van der Waals surface area contributed by atoms with Gasteiger partial charge in [0.2, 0.25) is 0 Å². The van der Waals surface area contributed by atoms with Gasteiger partial charge in [0.05, 0.1) is 7.11 Å². The van der Waals surface area contributed by atoms with Gasteiger partial charge >= 0.3 is 0 Å². The van der Waals surface area contributed by atoms with Crippen LogP contribution >= 0.6 is 0 Å². The summed E-state index contributed by atoms with van der Waals surface area (Å²) in [5, 5.41) is 0. The first-order valence-electron chi connectivity index (χ1n) is 7.37. The van der Waals surface area contributed by atoms with Crippen molar-refractivity contribution in [2.45, 2.75) is 31.8 Å². The number of nitrogens with zero attached hydrogens (tertiary/aromatic N) is 1. The van der Waals surface area contributed by atoms with Gasteiger partial charge in [-0.25, -0.2) is 0 Å². The molecule has 2 rings (SSSR count). The van der Waals surface area contributed by atoms with Gasteiger partial charge in [-0.1, -0.05) is 13.0 Å². The Bertz CT molecular complexity index is 436. The van der Waals surface area contributed by atoms with Crippen LogP contribution in [0.1, 0.15) is 31.2 Å². The highest BCUT2D eigenvalue weighted by molar-refractivity contribution is 5.44. The van der Waals surface area contributed by atoms with Gasteiger partial charge in [-0.05, 0) is 50.0 Å². The van der Waals surface area contributed by atoms with E-state index >= 15 is 0 Å². The van der Waals surface area contributed by atoms with E-state index in [0.717, 1.165) is 37.4 Å². The van der Waals surface area contributed by atoms with E-state index in [1.807, 2.05) is 6.07 Å². The Morgan fingerprint density at radius 2 is 2.20 bits per heavy atom. The number of likely N-dealkylation sites (N-methyl/N-ethyl adjacent to an activating group) is 1. The number of nitrogens with two attached hydrogens (primary N) is 1. The summed E-state index contributed by atoms with van der Waals surface area (Å²) >= 11 is 0. The molecule has 2 N–H and O–H groups in total. The number of benzene rings is 1. The van der Waals surface area contributed by atoms with Gasteiger partial charge < -0.3 is 20.1 Å². The van der Waals surface area contributed by atoms with E-state index in [1.54, 1.807) is 7.11 Å². The van der Waals surface area contributed by atoms with E-state index in [9.17, 15) is 0 Å². The topological polar surface area (TPSA) is 47.7 Å². The van der Waals surface area contributed by atoms with Gasteiger partial charge in [0.25, 0.3) is 0 Å². The van der Waals surface area contributed by atoms with Gasteiger partial charge in [0.15, 0.2) is 11.5 Å². The molecule has 0 bridgehead atoms. The van der Waals surface area contributed by atoms with Crippen molar-refractivity contribution in [1.29, 1.82) is 0 Å². The summed E-state index contributed by atoms with van der Waals surface area (Å²) in [5.74, 6) is 2.11. The van der Waals surface area contributed by atoms with Crippen LogP contribution in [-0.4, -0.2) is 44.8 Å². The zero-order chi connectivity index (χ0) is 14.5. The first-order valence-corrected chi connectivity index (χ1v) is 7.37. The standard InChI is InChI=1S/C16H26N2O2/c1-12(6-8-17)13-4-5-15(16(10-13)19-3)20-14-7-9-18(2)11-14/h4-5,10,12,14H,6-9,11,17H2,1-3H3. The summed E-state index contributed by atoms with van der Waals surface area (Å²) in [6, 6.07) is 6.23. The monoisotopic (exact) mass is 278 g/mol. The molecule has 1 aliphatic rings. The van der Waals surface area contributed by atoms with Crippen LogP contribution < -0.4 is 15.2 Å².